The van der Waals surface area contributed by atoms with Crippen molar-refractivity contribution in [1.29, 1.82) is 0 Å². The highest BCUT2D eigenvalue weighted by Gasteiger charge is 2.22. The summed E-state index contributed by atoms with van der Waals surface area (Å²) in [4.78, 5) is 25.9. The molecule has 28 heavy (non-hydrogen) atoms. The number of hydrogen-bond donors (Lipinski definition) is 2. The van der Waals surface area contributed by atoms with Crippen LogP contribution in [0.25, 0.3) is 5.70 Å². The van der Waals surface area contributed by atoms with Gasteiger partial charge in [0.2, 0.25) is 5.91 Å². The zero-order valence-electron chi connectivity index (χ0n) is 16.4. The Kier molecular flexibility index (Phi) is 9.91. The highest BCUT2D eigenvalue weighted by atomic mass is 32.1. The van der Waals surface area contributed by atoms with Crippen molar-refractivity contribution in [3.05, 3.63) is 42.5 Å². The largest absolute Gasteiger partial charge is 0.497 e. The molecule has 8 heteroatoms. The second kappa shape index (κ2) is 11.9. The molecule has 0 radical (unpaired) electrons. The van der Waals surface area contributed by atoms with Crippen molar-refractivity contribution in [2.75, 3.05) is 27.3 Å². The Bertz CT molecular complexity index is 749. The summed E-state index contributed by atoms with van der Waals surface area (Å²) >= 11 is 5.48. The molecule has 7 nitrogen and oxygen atoms in total. The van der Waals surface area contributed by atoms with Gasteiger partial charge < -0.3 is 25.4 Å². The number of nitrogens with zero attached hydrogens (tertiary/aromatic N) is 1. The van der Waals surface area contributed by atoms with E-state index < -0.39 is 0 Å². The highest BCUT2D eigenvalue weighted by Crippen LogP contribution is 2.32. The summed E-state index contributed by atoms with van der Waals surface area (Å²) < 4.78 is 10.7. The molecule has 0 fully saturated rings. The molecule has 0 heterocycles. The van der Waals surface area contributed by atoms with Gasteiger partial charge in [0.25, 0.3) is 0 Å². The van der Waals surface area contributed by atoms with Crippen molar-refractivity contribution in [2.24, 2.45) is 5.73 Å². The number of carbonyl (C=O) groups is 2. The third-order valence-electron chi connectivity index (χ3n) is 3.88. The minimum Gasteiger partial charge on any atom is -0.497 e. The zero-order valence-corrected chi connectivity index (χ0v) is 17.3. The fraction of sp³-hybridized carbons (Fsp3) is 0.350. The Morgan fingerprint density at radius 3 is 2.64 bits per heavy atom. The molecule has 0 saturated carbocycles. The van der Waals surface area contributed by atoms with E-state index in [4.69, 9.17) is 27.4 Å². The Morgan fingerprint density at radius 2 is 2.11 bits per heavy atom. The molecule has 3 N–H and O–H groups in total. The van der Waals surface area contributed by atoms with Crippen LogP contribution in [0.1, 0.15) is 18.9 Å². The van der Waals surface area contributed by atoms with Crippen molar-refractivity contribution in [1.82, 2.24) is 10.2 Å². The zero-order chi connectivity index (χ0) is 21.1. The number of aldehydes is 1. The average molecular weight is 406 g/mol. The first kappa shape index (κ1) is 23.3. The van der Waals surface area contributed by atoms with Crippen LogP contribution < -0.4 is 20.5 Å². The molecule has 0 unspecified atom stereocenters. The van der Waals surface area contributed by atoms with Gasteiger partial charge in [0.1, 0.15) is 24.3 Å². The molecule has 0 aliphatic carbocycles. The van der Waals surface area contributed by atoms with Gasteiger partial charge in [-0.3, -0.25) is 9.59 Å². The molecule has 1 rings (SSSR count). The lowest BCUT2D eigenvalue weighted by Gasteiger charge is -2.28. The molecule has 0 saturated heterocycles. The smallest absolute Gasteiger partial charge is 0.240 e. The second-order valence-corrected chi connectivity index (χ2v) is 6.40. The van der Waals surface area contributed by atoms with Crippen LogP contribution >= 0.6 is 12.2 Å². The number of rotatable bonds is 11. The maximum absolute atomic E-state index is 12.5. The van der Waals surface area contributed by atoms with E-state index in [0.29, 0.717) is 47.0 Å². The summed E-state index contributed by atoms with van der Waals surface area (Å²) in [7, 11) is 3.06. The van der Waals surface area contributed by atoms with E-state index in [9.17, 15) is 9.59 Å². The normalized spacial score (nSPS) is 11.9. The summed E-state index contributed by atoms with van der Waals surface area (Å²) in [5.41, 5.74) is 6.61. The SMILES string of the molecule is C=CCC(=S)N(CC(=O)N[C@H](C)CN)/C(=C\C=O)c1ccc(OC)cc1OC. The van der Waals surface area contributed by atoms with Crippen molar-refractivity contribution in [3.8, 4) is 11.5 Å². The van der Waals surface area contributed by atoms with Crippen LogP contribution in [0.2, 0.25) is 0 Å². The number of carbonyl (C=O) groups excluding carboxylic acids is 2. The van der Waals surface area contributed by atoms with Crippen LogP contribution in [0.4, 0.5) is 0 Å². The van der Waals surface area contributed by atoms with Gasteiger partial charge in [-0.1, -0.05) is 18.3 Å². The number of benzene rings is 1. The molecule has 0 bridgehead atoms. The molecule has 1 amide bonds. The number of ether oxygens (including phenoxy) is 2. The summed E-state index contributed by atoms with van der Waals surface area (Å²) in [5, 5.41) is 2.79. The van der Waals surface area contributed by atoms with Crippen molar-refractivity contribution in [3.63, 3.8) is 0 Å². The van der Waals surface area contributed by atoms with E-state index in [2.05, 4.69) is 11.9 Å². The molecule has 152 valence electrons. The van der Waals surface area contributed by atoms with Crippen molar-refractivity contribution in [2.45, 2.75) is 19.4 Å². The molecule has 0 spiro atoms. The molecular formula is C20H27N3O4S. The van der Waals surface area contributed by atoms with Gasteiger partial charge in [-0.15, -0.1) is 6.58 Å². The molecule has 1 aromatic rings. The van der Waals surface area contributed by atoms with Gasteiger partial charge in [0.05, 0.1) is 24.9 Å². The highest BCUT2D eigenvalue weighted by molar-refractivity contribution is 7.80. The summed E-state index contributed by atoms with van der Waals surface area (Å²) in [6.45, 7) is 5.74. The molecule has 0 aromatic heterocycles. The lowest BCUT2D eigenvalue weighted by molar-refractivity contribution is -0.121. The van der Waals surface area contributed by atoms with Crippen LogP contribution in [0.3, 0.4) is 0 Å². The molecule has 0 aliphatic heterocycles. The number of thiocarbonyl (C=S) groups is 1. The van der Waals surface area contributed by atoms with Gasteiger partial charge >= 0.3 is 0 Å². The summed E-state index contributed by atoms with van der Waals surface area (Å²) in [6.07, 6.45) is 3.99. The van der Waals surface area contributed by atoms with Gasteiger partial charge in [-0.2, -0.15) is 0 Å². The first-order valence-electron chi connectivity index (χ1n) is 8.70. The van der Waals surface area contributed by atoms with Gasteiger partial charge in [0, 0.05) is 36.7 Å². The maximum Gasteiger partial charge on any atom is 0.240 e. The quantitative estimate of drug-likeness (QED) is 0.251. The first-order chi connectivity index (χ1) is 13.4. The minimum absolute atomic E-state index is 0.0775. The predicted octanol–water partition coefficient (Wildman–Crippen LogP) is 1.91. The first-order valence-corrected chi connectivity index (χ1v) is 9.11. The number of amides is 1. The fourth-order valence-electron chi connectivity index (χ4n) is 2.46. The van der Waals surface area contributed by atoms with Crippen LogP contribution in [0.5, 0.6) is 11.5 Å². The van der Waals surface area contributed by atoms with E-state index >= 15 is 0 Å². The maximum atomic E-state index is 12.5. The molecule has 1 atom stereocenters. The average Bonchev–Trinajstić information content (AvgIpc) is 2.70. The minimum atomic E-state index is -0.270. The molecule has 0 aliphatic rings. The monoisotopic (exact) mass is 405 g/mol. The van der Waals surface area contributed by atoms with E-state index in [-0.39, 0.29) is 18.5 Å². The Balaban J connectivity index is 3.38. The Labute approximate surface area is 171 Å². The number of nitrogens with two attached hydrogens (primary N) is 1. The number of nitrogens with one attached hydrogen (secondary N) is 1. The van der Waals surface area contributed by atoms with Crippen molar-refractivity contribution < 1.29 is 19.1 Å². The van der Waals surface area contributed by atoms with E-state index in [1.165, 1.54) is 13.2 Å². The van der Waals surface area contributed by atoms with E-state index in [1.54, 1.807) is 43.2 Å². The lowest BCUT2D eigenvalue weighted by atomic mass is 10.1. The predicted molar refractivity (Wildman–Crippen MR) is 114 cm³/mol. The van der Waals surface area contributed by atoms with Crippen LogP contribution in [0, 0.1) is 0 Å². The van der Waals surface area contributed by atoms with Crippen LogP contribution in [0.15, 0.2) is 36.9 Å². The molecular weight excluding hydrogens is 378 g/mol. The Morgan fingerprint density at radius 1 is 1.39 bits per heavy atom. The van der Waals surface area contributed by atoms with E-state index in [1.807, 2.05) is 0 Å². The third-order valence-corrected chi connectivity index (χ3v) is 4.27. The van der Waals surface area contributed by atoms with E-state index in [0.717, 1.165) is 0 Å². The lowest BCUT2D eigenvalue weighted by Crippen LogP contribution is -2.44. The summed E-state index contributed by atoms with van der Waals surface area (Å²) in [5.74, 6) is 0.809. The van der Waals surface area contributed by atoms with Crippen LogP contribution in [-0.4, -0.2) is 55.4 Å². The number of allylic oxidation sites excluding steroid dienone is 1. The topological polar surface area (TPSA) is 93.9 Å². The van der Waals surface area contributed by atoms with Gasteiger partial charge in [-0.25, -0.2) is 0 Å². The number of hydrogen-bond acceptors (Lipinski definition) is 6. The Hall–Kier alpha value is -2.71. The van der Waals surface area contributed by atoms with Crippen molar-refractivity contribution >= 4 is 35.1 Å². The standard InChI is InChI=1S/C20H27N3O4S/c1-5-6-20(28)23(13-19(25)22-14(2)12-21)17(9-10-24)16-8-7-15(26-3)11-18(16)27-4/h5,7-11,14H,1,6,12-13,21H2,2-4H3,(H,22,25)/b17-9-/t14-/m1/s1. The van der Waals surface area contributed by atoms with Crippen LogP contribution in [-0.2, 0) is 9.59 Å². The second-order valence-electron chi connectivity index (χ2n) is 5.93. The van der Waals surface area contributed by atoms with Gasteiger partial charge in [-0.05, 0) is 19.1 Å². The van der Waals surface area contributed by atoms with Gasteiger partial charge in [0.15, 0.2) is 0 Å². The number of methoxy groups -OCH3 is 2. The molecule has 1 aromatic carbocycles. The summed E-state index contributed by atoms with van der Waals surface area (Å²) in [6, 6.07) is 4.99. The third kappa shape index (κ3) is 6.47. The fourth-order valence-corrected chi connectivity index (χ4v) is 2.74.